The molecule has 0 atom stereocenters. The maximum absolute atomic E-state index is 13.7. The molecule has 0 radical (unpaired) electrons. The summed E-state index contributed by atoms with van der Waals surface area (Å²) in [7, 11) is 1.50. The Bertz CT molecular complexity index is 514. The van der Waals surface area contributed by atoms with E-state index in [1.54, 1.807) is 30.5 Å². The van der Waals surface area contributed by atoms with Crippen LogP contribution in [0.25, 0.3) is 11.1 Å². The molecule has 0 spiro atoms. The van der Waals surface area contributed by atoms with Crippen LogP contribution in [0.3, 0.4) is 0 Å². The zero-order valence-corrected chi connectivity index (χ0v) is 8.77. The van der Waals surface area contributed by atoms with E-state index in [-0.39, 0.29) is 5.82 Å². The minimum Gasteiger partial charge on any atom is -0.481 e. The van der Waals surface area contributed by atoms with E-state index in [9.17, 15) is 4.39 Å². The van der Waals surface area contributed by atoms with Crippen LogP contribution in [0.1, 0.15) is 0 Å². The summed E-state index contributed by atoms with van der Waals surface area (Å²) in [5.74, 6) is 0.0115. The van der Waals surface area contributed by atoms with E-state index < -0.39 is 0 Å². The third-order valence-corrected chi connectivity index (χ3v) is 2.25. The highest BCUT2D eigenvalue weighted by molar-refractivity contribution is 5.70. The first-order valence-corrected chi connectivity index (χ1v) is 4.77. The molecule has 0 amide bonds. The van der Waals surface area contributed by atoms with Gasteiger partial charge in [0.25, 0.3) is 0 Å². The molecular weight excluding hydrogens is 207 g/mol. The van der Waals surface area contributed by atoms with Crippen LogP contribution in [0.2, 0.25) is 0 Å². The van der Waals surface area contributed by atoms with Crippen molar-refractivity contribution >= 4 is 5.69 Å². The molecule has 0 bridgehead atoms. The monoisotopic (exact) mass is 218 g/mol. The number of rotatable bonds is 2. The first kappa shape index (κ1) is 10.4. The van der Waals surface area contributed by atoms with Crippen LogP contribution in [-0.4, -0.2) is 12.1 Å². The van der Waals surface area contributed by atoms with Gasteiger partial charge in [-0.3, -0.25) is 0 Å². The van der Waals surface area contributed by atoms with Crippen molar-refractivity contribution in [2.45, 2.75) is 0 Å². The van der Waals surface area contributed by atoms with Crippen LogP contribution >= 0.6 is 0 Å². The van der Waals surface area contributed by atoms with E-state index in [4.69, 9.17) is 10.5 Å². The molecule has 2 N–H and O–H groups in total. The van der Waals surface area contributed by atoms with Gasteiger partial charge in [0.15, 0.2) is 0 Å². The Morgan fingerprint density at radius 2 is 2.06 bits per heavy atom. The summed E-state index contributed by atoms with van der Waals surface area (Å²) in [6.07, 6.45) is 1.59. The van der Waals surface area contributed by atoms with E-state index in [2.05, 4.69) is 4.98 Å². The molecule has 2 rings (SSSR count). The summed E-state index contributed by atoms with van der Waals surface area (Å²) < 4.78 is 18.8. The first-order valence-electron chi connectivity index (χ1n) is 4.77. The zero-order chi connectivity index (χ0) is 11.5. The van der Waals surface area contributed by atoms with Crippen molar-refractivity contribution < 1.29 is 9.13 Å². The lowest BCUT2D eigenvalue weighted by molar-refractivity contribution is 0.399. The van der Waals surface area contributed by atoms with Gasteiger partial charge < -0.3 is 10.5 Å². The van der Waals surface area contributed by atoms with Crippen LogP contribution in [0.5, 0.6) is 5.88 Å². The van der Waals surface area contributed by atoms with Crippen molar-refractivity contribution in [2.75, 3.05) is 12.8 Å². The molecule has 1 aromatic heterocycles. The highest BCUT2D eigenvalue weighted by Gasteiger charge is 2.10. The number of benzene rings is 1. The number of halogens is 1. The van der Waals surface area contributed by atoms with Crippen molar-refractivity contribution in [2.24, 2.45) is 0 Å². The van der Waals surface area contributed by atoms with Gasteiger partial charge in [-0.15, -0.1) is 0 Å². The fraction of sp³-hybridized carbons (Fsp3) is 0.0833. The molecule has 1 aromatic carbocycles. The average Bonchev–Trinajstić information content (AvgIpc) is 2.29. The SMILES string of the molecule is COc1ncccc1-c1ccc(N)cc1F. The maximum atomic E-state index is 13.7. The highest BCUT2D eigenvalue weighted by Crippen LogP contribution is 2.30. The molecule has 0 fully saturated rings. The summed E-state index contributed by atoms with van der Waals surface area (Å²) in [6, 6.07) is 8.02. The lowest BCUT2D eigenvalue weighted by Gasteiger charge is -2.08. The van der Waals surface area contributed by atoms with E-state index in [0.29, 0.717) is 22.7 Å². The maximum Gasteiger partial charge on any atom is 0.221 e. The molecule has 0 saturated heterocycles. The average molecular weight is 218 g/mol. The number of aromatic nitrogens is 1. The van der Waals surface area contributed by atoms with Crippen molar-refractivity contribution in [3.05, 3.63) is 42.3 Å². The van der Waals surface area contributed by atoms with Crippen LogP contribution in [0.15, 0.2) is 36.5 Å². The van der Waals surface area contributed by atoms with Crippen LogP contribution < -0.4 is 10.5 Å². The normalized spacial score (nSPS) is 10.1. The summed E-state index contributed by atoms with van der Waals surface area (Å²) in [5.41, 5.74) is 6.93. The summed E-state index contributed by atoms with van der Waals surface area (Å²) in [5, 5.41) is 0. The number of hydrogen-bond acceptors (Lipinski definition) is 3. The highest BCUT2D eigenvalue weighted by atomic mass is 19.1. The molecular formula is C12H11FN2O. The van der Waals surface area contributed by atoms with Gasteiger partial charge in [-0.1, -0.05) is 0 Å². The number of anilines is 1. The van der Waals surface area contributed by atoms with E-state index >= 15 is 0 Å². The fourth-order valence-electron chi connectivity index (χ4n) is 1.51. The van der Waals surface area contributed by atoms with Crippen LogP contribution in [0, 0.1) is 5.82 Å². The Morgan fingerprint density at radius 1 is 1.25 bits per heavy atom. The number of methoxy groups -OCH3 is 1. The van der Waals surface area contributed by atoms with Gasteiger partial charge in [0, 0.05) is 23.0 Å². The zero-order valence-electron chi connectivity index (χ0n) is 8.77. The first-order chi connectivity index (χ1) is 7.72. The molecule has 4 heteroatoms. The minimum absolute atomic E-state index is 0.383. The minimum atomic E-state index is -0.383. The number of nitrogens with two attached hydrogens (primary N) is 1. The number of pyridine rings is 1. The van der Waals surface area contributed by atoms with Gasteiger partial charge in [-0.2, -0.15) is 0 Å². The van der Waals surface area contributed by atoms with Crippen molar-refractivity contribution in [1.29, 1.82) is 0 Å². The van der Waals surface area contributed by atoms with E-state index in [1.807, 2.05) is 0 Å². The number of nitrogens with zero attached hydrogens (tertiary/aromatic N) is 1. The molecule has 1 heterocycles. The summed E-state index contributed by atoms with van der Waals surface area (Å²) in [6.45, 7) is 0. The Balaban J connectivity index is 2.58. The Hall–Kier alpha value is -2.10. The Kier molecular flexibility index (Phi) is 2.72. The molecule has 2 aromatic rings. The van der Waals surface area contributed by atoms with Crippen LogP contribution in [0.4, 0.5) is 10.1 Å². The van der Waals surface area contributed by atoms with Gasteiger partial charge in [0.1, 0.15) is 5.82 Å². The smallest absolute Gasteiger partial charge is 0.221 e. The number of ether oxygens (including phenoxy) is 1. The third-order valence-electron chi connectivity index (χ3n) is 2.25. The van der Waals surface area contributed by atoms with Crippen molar-refractivity contribution in [1.82, 2.24) is 4.98 Å². The largest absolute Gasteiger partial charge is 0.481 e. The molecule has 0 saturated carbocycles. The van der Waals surface area contributed by atoms with Crippen LogP contribution in [-0.2, 0) is 0 Å². The predicted molar refractivity (Wildman–Crippen MR) is 60.6 cm³/mol. The molecule has 0 aliphatic carbocycles. The van der Waals surface area contributed by atoms with E-state index in [1.165, 1.54) is 13.2 Å². The number of nitrogen functional groups attached to an aromatic ring is 1. The molecule has 0 aliphatic heterocycles. The van der Waals surface area contributed by atoms with Gasteiger partial charge >= 0.3 is 0 Å². The Morgan fingerprint density at radius 3 is 2.75 bits per heavy atom. The summed E-state index contributed by atoms with van der Waals surface area (Å²) >= 11 is 0. The van der Waals surface area contributed by atoms with Gasteiger partial charge in [0.2, 0.25) is 5.88 Å². The second kappa shape index (κ2) is 4.18. The quantitative estimate of drug-likeness (QED) is 0.788. The molecule has 0 aliphatic rings. The molecule has 16 heavy (non-hydrogen) atoms. The number of hydrogen-bond donors (Lipinski definition) is 1. The predicted octanol–water partition coefficient (Wildman–Crippen LogP) is 2.48. The molecule has 0 unspecified atom stereocenters. The second-order valence-electron chi connectivity index (χ2n) is 3.30. The lowest BCUT2D eigenvalue weighted by atomic mass is 10.1. The van der Waals surface area contributed by atoms with Gasteiger partial charge in [-0.25, -0.2) is 9.37 Å². The second-order valence-corrected chi connectivity index (χ2v) is 3.30. The van der Waals surface area contributed by atoms with Gasteiger partial charge in [0.05, 0.1) is 7.11 Å². The molecule has 82 valence electrons. The standard InChI is InChI=1S/C12H11FN2O/c1-16-12-10(3-2-6-15-12)9-5-4-8(14)7-11(9)13/h2-7H,14H2,1H3. The fourth-order valence-corrected chi connectivity index (χ4v) is 1.51. The Labute approximate surface area is 92.7 Å². The summed E-state index contributed by atoms with van der Waals surface area (Å²) in [4.78, 5) is 4.02. The third kappa shape index (κ3) is 1.82. The van der Waals surface area contributed by atoms with Gasteiger partial charge in [-0.05, 0) is 30.3 Å². The van der Waals surface area contributed by atoms with Crippen molar-refractivity contribution in [3.8, 4) is 17.0 Å². The molecule has 3 nitrogen and oxygen atoms in total. The van der Waals surface area contributed by atoms with Crippen molar-refractivity contribution in [3.63, 3.8) is 0 Å². The lowest BCUT2D eigenvalue weighted by Crippen LogP contribution is -1.94. The van der Waals surface area contributed by atoms with E-state index in [0.717, 1.165) is 0 Å². The topological polar surface area (TPSA) is 48.1 Å².